The van der Waals surface area contributed by atoms with Gasteiger partial charge in [0.1, 0.15) is 32.7 Å². The molecule has 0 unspecified atom stereocenters. The fourth-order valence-electron chi connectivity index (χ4n) is 4.45. The number of para-hydroxylation sites is 1. The van der Waals surface area contributed by atoms with Crippen LogP contribution in [0.5, 0.6) is 0 Å². The largest absolute Gasteiger partial charge is 0.418 e. The van der Waals surface area contributed by atoms with Gasteiger partial charge in [-0.05, 0) is 12.1 Å². The standard InChI is InChI=1S/C22H22F3N3O2/c23-22(24,25)17-8-4-5-9-18(17)28-20(29)14-19(21(28)30)27-12-10-26(11-13-27)15-16-6-2-1-3-7-16/h1-9,19H,10-15H2/p+2/t19-/m1/s1. The monoisotopic (exact) mass is 419 g/mol. The average molecular weight is 419 g/mol. The number of nitrogens with zero attached hydrogens (tertiary/aromatic N) is 1. The number of rotatable bonds is 4. The van der Waals surface area contributed by atoms with Gasteiger partial charge in [-0.3, -0.25) is 9.59 Å². The smallest absolute Gasteiger partial charge is 0.322 e. The van der Waals surface area contributed by atoms with E-state index in [0.29, 0.717) is 13.1 Å². The number of hydrogen-bond acceptors (Lipinski definition) is 2. The Labute approximate surface area is 172 Å². The molecule has 2 heterocycles. The lowest BCUT2D eigenvalue weighted by Gasteiger charge is -2.32. The van der Waals surface area contributed by atoms with Crippen molar-refractivity contribution in [2.75, 3.05) is 31.1 Å². The Kier molecular flexibility index (Phi) is 5.62. The average Bonchev–Trinajstić information content (AvgIpc) is 3.03. The molecule has 2 aliphatic rings. The molecule has 0 aliphatic carbocycles. The molecule has 0 aromatic heterocycles. The maximum Gasteiger partial charge on any atom is 0.418 e. The van der Waals surface area contributed by atoms with Crippen molar-refractivity contribution in [1.82, 2.24) is 0 Å². The molecule has 2 fully saturated rings. The van der Waals surface area contributed by atoms with Gasteiger partial charge in [0.2, 0.25) is 5.91 Å². The van der Waals surface area contributed by atoms with Crippen molar-refractivity contribution < 1.29 is 32.6 Å². The quantitative estimate of drug-likeness (QED) is 0.702. The lowest BCUT2D eigenvalue weighted by molar-refractivity contribution is -1.02. The first-order chi connectivity index (χ1) is 14.3. The molecule has 0 radical (unpaired) electrons. The van der Waals surface area contributed by atoms with Crippen LogP contribution >= 0.6 is 0 Å². The van der Waals surface area contributed by atoms with E-state index in [1.807, 2.05) is 18.2 Å². The molecule has 0 saturated carbocycles. The highest BCUT2D eigenvalue weighted by atomic mass is 19.4. The molecular weight excluding hydrogens is 395 g/mol. The minimum atomic E-state index is -4.63. The molecular formula is C22H24F3N3O2+2. The van der Waals surface area contributed by atoms with E-state index >= 15 is 0 Å². The molecule has 2 aromatic rings. The van der Waals surface area contributed by atoms with E-state index in [1.165, 1.54) is 28.7 Å². The van der Waals surface area contributed by atoms with E-state index in [9.17, 15) is 22.8 Å². The minimum Gasteiger partial charge on any atom is -0.322 e. The number of imide groups is 1. The minimum absolute atomic E-state index is 0.0472. The van der Waals surface area contributed by atoms with E-state index in [-0.39, 0.29) is 12.1 Å². The molecule has 158 valence electrons. The highest BCUT2D eigenvalue weighted by Crippen LogP contribution is 2.37. The summed E-state index contributed by atoms with van der Waals surface area (Å²) in [7, 11) is 0. The number of amides is 2. The van der Waals surface area contributed by atoms with E-state index in [4.69, 9.17) is 0 Å². The van der Waals surface area contributed by atoms with Gasteiger partial charge in [0, 0.05) is 5.56 Å². The van der Waals surface area contributed by atoms with Crippen LogP contribution in [0.15, 0.2) is 54.6 Å². The third-order valence-corrected chi connectivity index (χ3v) is 5.99. The fraction of sp³-hybridized carbons (Fsp3) is 0.364. The number of piperazine rings is 1. The summed E-state index contributed by atoms with van der Waals surface area (Å²) in [6, 6.07) is 14.3. The van der Waals surface area contributed by atoms with E-state index < -0.39 is 29.6 Å². The van der Waals surface area contributed by atoms with Crippen LogP contribution in [0.4, 0.5) is 18.9 Å². The number of carbonyl (C=O) groups excluding carboxylic acids is 2. The van der Waals surface area contributed by atoms with E-state index in [0.717, 1.165) is 35.5 Å². The summed E-state index contributed by atoms with van der Waals surface area (Å²) < 4.78 is 40.1. The van der Waals surface area contributed by atoms with E-state index in [1.54, 1.807) is 0 Å². The second-order valence-corrected chi connectivity index (χ2v) is 7.91. The van der Waals surface area contributed by atoms with Gasteiger partial charge in [0.15, 0.2) is 6.04 Å². The molecule has 0 bridgehead atoms. The van der Waals surface area contributed by atoms with Gasteiger partial charge in [0.25, 0.3) is 5.91 Å². The molecule has 4 rings (SSSR count). The summed E-state index contributed by atoms with van der Waals surface area (Å²) in [4.78, 5) is 28.6. The van der Waals surface area contributed by atoms with Crippen molar-refractivity contribution in [3.05, 3.63) is 65.7 Å². The highest BCUT2D eigenvalue weighted by molar-refractivity contribution is 6.22. The van der Waals surface area contributed by atoms with Crippen molar-refractivity contribution in [2.24, 2.45) is 0 Å². The zero-order chi connectivity index (χ0) is 21.3. The molecule has 2 N–H and O–H groups in total. The number of anilines is 1. The first-order valence-electron chi connectivity index (χ1n) is 10.1. The Hall–Kier alpha value is -2.71. The number of benzene rings is 2. The first kappa shape index (κ1) is 20.6. The van der Waals surface area contributed by atoms with Crippen LogP contribution in [0.1, 0.15) is 17.5 Å². The highest BCUT2D eigenvalue weighted by Gasteiger charge is 2.49. The normalized spacial score (nSPS) is 25.0. The van der Waals surface area contributed by atoms with Crippen LogP contribution in [-0.4, -0.2) is 44.0 Å². The van der Waals surface area contributed by atoms with Crippen LogP contribution in [-0.2, 0) is 22.3 Å². The first-order valence-corrected chi connectivity index (χ1v) is 10.1. The summed E-state index contributed by atoms with van der Waals surface area (Å²) >= 11 is 0. The molecule has 2 amide bonds. The number of halogens is 3. The van der Waals surface area contributed by atoms with Crippen molar-refractivity contribution >= 4 is 17.5 Å². The molecule has 2 saturated heterocycles. The summed E-state index contributed by atoms with van der Waals surface area (Å²) in [5, 5.41) is 0. The summed E-state index contributed by atoms with van der Waals surface area (Å²) in [5.41, 5.74) is -0.0762. The lowest BCUT2D eigenvalue weighted by Crippen LogP contribution is -3.29. The molecule has 2 aromatic carbocycles. The predicted molar refractivity (Wildman–Crippen MR) is 104 cm³/mol. The van der Waals surface area contributed by atoms with Gasteiger partial charge < -0.3 is 9.80 Å². The van der Waals surface area contributed by atoms with Crippen LogP contribution in [0, 0.1) is 0 Å². The van der Waals surface area contributed by atoms with Crippen molar-refractivity contribution in [3.63, 3.8) is 0 Å². The summed E-state index contributed by atoms with van der Waals surface area (Å²) in [6.07, 6.45) is -4.68. The third-order valence-electron chi connectivity index (χ3n) is 5.99. The van der Waals surface area contributed by atoms with Crippen LogP contribution in [0.2, 0.25) is 0 Å². The molecule has 5 nitrogen and oxygen atoms in total. The SMILES string of the molecule is O=C1C[C@@H]([NH+]2CC[NH+](Cc3ccccc3)CC2)C(=O)N1c1ccccc1C(F)(F)F. The molecule has 2 aliphatic heterocycles. The third kappa shape index (κ3) is 4.11. The number of alkyl halides is 3. The summed E-state index contributed by atoms with van der Waals surface area (Å²) in [5.74, 6) is -1.09. The lowest BCUT2D eigenvalue weighted by atomic mass is 10.1. The second kappa shape index (κ2) is 8.20. The Morgan fingerprint density at radius 1 is 0.900 bits per heavy atom. The predicted octanol–water partition coefficient (Wildman–Crippen LogP) is 0.321. The zero-order valence-corrected chi connectivity index (χ0v) is 16.4. The molecule has 8 heteroatoms. The summed E-state index contributed by atoms with van der Waals surface area (Å²) in [6.45, 7) is 4.01. The Morgan fingerprint density at radius 2 is 1.53 bits per heavy atom. The fourth-order valence-corrected chi connectivity index (χ4v) is 4.45. The topological polar surface area (TPSA) is 46.3 Å². The maximum atomic E-state index is 13.4. The van der Waals surface area contributed by atoms with Crippen molar-refractivity contribution in [2.45, 2.75) is 25.2 Å². The van der Waals surface area contributed by atoms with Gasteiger partial charge in [-0.25, -0.2) is 4.90 Å². The van der Waals surface area contributed by atoms with Crippen LogP contribution in [0.3, 0.4) is 0 Å². The zero-order valence-electron chi connectivity index (χ0n) is 16.4. The Morgan fingerprint density at radius 3 is 2.20 bits per heavy atom. The number of carbonyl (C=O) groups is 2. The number of hydrogen-bond donors (Lipinski definition) is 2. The van der Waals surface area contributed by atoms with Crippen LogP contribution < -0.4 is 14.7 Å². The van der Waals surface area contributed by atoms with Gasteiger partial charge >= 0.3 is 6.18 Å². The maximum absolute atomic E-state index is 13.4. The molecule has 1 atom stereocenters. The van der Waals surface area contributed by atoms with Gasteiger partial charge in [0.05, 0.1) is 17.7 Å². The van der Waals surface area contributed by atoms with E-state index in [2.05, 4.69) is 12.1 Å². The number of nitrogens with one attached hydrogen (secondary N) is 2. The number of quaternary nitrogens is 2. The Balaban J connectivity index is 1.44. The van der Waals surface area contributed by atoms with Crippen LogP contribution in [0.25, 0.3) is 0 Å². The molecule has 0 spiro atoms. The van der Waals surface area contributed by atoms with Gasteiger partial charge in [-0.2, -0.15) is 13.2 Å². The van der Waals surface area contributed by atoms with Crippen molar-refractivity contribution in [1.29, 1.82) is 0 Å². The van der Waals surface area contributed by atoms with Crippen molar-refractivity contribution in [3.8, 4) is 0 Å². The molecule has 30 heavy (non-hydrogen) atoms. The van der Waals surface area contributed by atoms with Gasteiger partial charge in [-0.1, -0.05) is 42.5 Å². The van der Waals surface area contributed by atoms with Gasteiger partial charge in [-0.15, -0.1) is 0 Å². The Bertz CT molecular complexity index is 925. The second-order valence-electron chi connectivity index (χ2n) is 7.91.